The molecule has 5 heteroatoms. The Balaban J connectivity index is 2.38. The molecule has 0 aliphatic rings. The number of hydrogen-bond donors (Lipinski definition) is 0. The van der Waals surface area contributed by atoms with Gasteiger partial charge >= 0.3 is 0 Å². The molecule has 0 spiro atoms. The first-order valence-corrected chi connectivity index (χ1v) is 7.83. The molecule has 0 aliphatic carbocycles. The summed E-state index contributed by atoms with van der Waals surface area (Å²) in [5, 5.41) is -0.180. The van der Waals surface area contributed by atoms with Crippen LogP contribution in [-0.4, -0.2) is 14.5 Å². The van der Waals surface area contributed by atoms with Gasteiger partial charge in [-0.2, -0.15) is 0 Å². The lowest BCUT2D eigenvalue weighted by Gasteiger charge is -2.11. The topological polar surface area (TPSA) is 30.7 Å². The number of pyridine rings is 1. The van der Waals surface area contributed by atoms with Crippen molar-refractivity contribution in [3.8, 4) is 5.69 Å². The van der Waals surface area contributed by atoms with Crippen molar-refractivity contribution in [2.45, 2.75) is 19.2 Å². The second-order valence-electron chi connectivity index (χ2n) is 4.73. The predicted molar refractivity (Wildman–Crippen MR) is 90.6 cm³/mol. The summed E-state index contributed by atoms with van der Waals surface area (Å²) in [5.41, 5.74) is 3.89. The Bertz CT molecular complexity index is 780. The first-order valence-electron chi connectivity index (χ1n) is 6.32. The van der Waals surface area contributed by atoms with E-state index in [9.17, 15) is 0 Å². The van der Waals surface area contributed by atoms with E-state index >= 15 is 0 Å². The summed E-state index contributed by atoms with van der Waals surface area (Å²) < 4.78 is 3.19. The average molecular weight is 398 g/mol. The van der Waals surface area contributed by atoms with Crippen LogP contribution in [0.15, 0.2) is 36.5 Å². The molecule has 20 heavy (non-hydrogen) atoms. The van der Waals surface area contributed by atoms with Crippen molar-refractivity contribution in [2.24, 2.45) is 0 Å². The first-order chi connectivity index (χ1) is 9.58. The quantitative estimate of drug-likeness (QED) is 0.466. The van der Waals surface area contributed by atoms with Crippen molar-refractivity contribution in [1.82, 2.24) is 14.5 Å². The molecule has 2 heterocycles. The third kappa shape index (κ3) is 2.31. The van der Waals surface area contributed by atoms with E-state index in [0.717, 1.165) is 31.8 Å². The van der Waals surface area contributed by atoms with Gasteiger partial charge in [0.2, 0.25) is 0 Å². The van der Waals surface area contributed by atoms with Gasteiger partial charge in [0.25, 0.3) is 0 Å². The molecule has 2 aromatic heterocycles. The van der Waals surface area contributed by atoms with E-state index in [1.807, 2.05) is 42.8 Å². The number of benzene rings is 1. The Morgan fingerprint density at radius 3 is 2.75 bits per heavy atom. The summed E-state index contributed by atoms with van der Waals surface area (Å²) in [4.78, 5) is 9.20. The van der Waals surface area contributed by atoms with Crippen LogP contribution in [0.5, 0.6) is 0 Å². The summed E-state index contributed by atoms with van der Waals surface area (Å²) >= 11 is 8.63. The van der Waals surface area contributed by atoms with Crippen molar-refractivity contribution in [3.63, 3.8) is 0 Å². The van der Waals surface area contributed by atoms with Gasteiger partial charge in [0, 0.05) is 9.77 Å². The fourth-order valence-corrected chi connectivity index (χ4v) is 3.00. The fourth-order valence-electron chi connectivity index (χ4n) is 2.22. The number of aromatic nitrogens is 3. The molecule has 3 nitrogen and oxygen atoms in total. The van der Waals surface area contributed by atoms with Gasteiger partial charge < -0.3 is 0 Å². The van der Waals surface area contributed by atoms with Crippen molar-refractivity contribution in [1.29, 1.82) is 0 Å². The van der Waals surface area contributed by atoms with E-state index in [-0.39, 0.29) is 5.38 Å². The molecule has 0 fully saturated rings. The monoisotopic (exact) mass is 397 g/mol. The van der Waals surface area contributed by atoms with Crippen LogP contribution < -0.4 is 0 Å². The largest absolute Gasteiger partial charge is 0.278 e. The van der Waals surface area contributed by atoms with Gasteiger partial charge in [-0.15, -0.1) is 11.6 Å². The summed E-state index contributed by atoms with van der Waals surface area (Å²) in [6.07, 6.45) is 1.86. The maximum atomic E-state index is 6.31. The molecule has 3 aromatic rings. The maximum Gasteiger partial charge on any atom is 0.164 e. The number of hydrogen-bond acceptors (Lipinski definition) is 2. The van der Waals surface area contributed by atoms with Gasteiger partial charge in [-0.25, -0.2) is 9.97 Å². The molecule has 0 N–H and O–H groups in total. The van der Waals surface area contributed by atoms with Gasteiger partial charge in [0.15, 0.2) is 5.65 Å². The van der Waals surface area contributed by atoms with Crippen LogP contribution in [0, 0.1) is 10.5 Å². The van der Waals surface area contributed by atoms with Gasteiger partial charge in [-0.05, 0) is 60.2 Å². The molecule has 0 saturated carbocycles. The number of aryl methyl sites for hydroxylation is 1. The van der Waals surface area contributed by atoms with E-state index < -0.39 is 0 Å². The van der Waals surface area contributed by atoms with Gasteiger partial charge in [-0.3, -0.25) is 4.57 Å². The van der Waals surface area contributed by atoms with Crippen LogP contribution in [-0.2, 0) is 0 Å². The fraction of sp³-hybridized carbons (Fsp3) is 0.200. The van der Waals surface area contributed by atoms with E-state index in [4.69, 9.17) is 11.6 Å². The minimum Gasteiger partial charge on any atom is -0.278 e. The summed E-state index contributed by atoms with van der Waals surface area (Å²) in [6, 6.07) is 10.2. The van der Waals surface area contributed by atoms with Crippen LogP contribution in [0.3, 0.4) is 0 Å². The number of fused-ring (bicyclic) bond motifs is 1. The first kappa shape index (κ1) is 13.8. The molecule has 0 radical (unpaired) electrons. The Kier molecular flexibility index (Phi) is 3.69. The van der Waals surface area contributed by atoms with Crippen LogP contribution in [0.4, 0.5) is 0 Å². The Morgan fingerprint density at radius 2 is 2.05 bits per heavy atom. The van der Waals surface area contributed by atoms with Crippen LogP contribution in [0.1, 0.15) is 23.7 Å². The molecule has 1 aromatic carbocycles. The highest BCUT2D eigenvalue weighted by molar-refractivity contribution is 14.1. The molecule has 0 aliphatic heterocycles. The molecule has 1 unspecified atom stereocenters. The number of para-hydroxylation sites is 1. The lowest BCUT2D eigenvalue weighted by atomic mass is 10.3. The SMILES string of the molecule is Cc1cnc2c(c1)nc(C(C)Cl)n2-c1ccccc1I. The molecule has 3 rings (SSSR count). The molecule has 0 bridgehead atoms. The lowest BCUT2D eigenvalue weighted by Crippen LogP contribution is -2.04. The van der Waals surface area contributed by atoms with E-state index in [1.165, 1.54) is 0 Å². The molecule has 0 saturated heterocycles. The smallest absolute Gasteiger partial charge is 0.164 e. The number of nitrogens with zero attached hydrogens (tertiary/aromatic N) is 3. The van der Waals surface area contributed by atoms with Crippen molar-refractivity contribution >= 4 is 45.4 Å². The van der Waals surface area contributed by atoms with E-state index in [2.05, 4.69) is 44.7 Å². The maximum absolute atomic E-state index is 6.31. The van der Waals surface area contributed by atoms with Crippen molar-refractivity contribution in [3.05, 3.63) is 51.5 Å². The third-order valence-corrected chi connectivity index (χ3v) is 4.22. The Labute approximate surface area is 136 Å². The van der Waals surface area contributed by atoms with Crippen LogP contribution in [0.2, 0.25) is 0 Å². The minimum atomic E-state index is -0.180. The number of imidazole rings is 1. The zero-order chi connectivity index (χ0) is 14.3. The van der Waals surface area contributed by atoms with Gasteiger partial charge in [0.1, 0.15) is 11.3 Å². The predicted octanol–water partition coefficient (Wildman–Crippen LogP) is 4.63. The summed E-state index contributed by atoms with van der Waals surface area (Å²) in [5.74, 6) is 0.823. The Hall–Kier alpha value is -1.14. The lowest BCUT2D eigenvalue weighted by molar-refractivity contribution is 0.874. The molecule has 102 valence electrons. The van der Waals surface area contributed by atoms with Gasteiger partial charge in [0.05, 0.1) is 11.1 Å². The zero-order valence-corrected chi connectivity index (χ0v) is 14.1. The number of alkyl halides is 1. The highest BCUT2D eigenvalue weighted by Crippen LogP contribution is 2.29. The molecular weight excluding hydrogens is 385 g/mol. The Morgan fingerprint density at radius 1 is 1.30 bits per heavy atom. The highest BCUT2D eigenvalue weighted by atomic mass is 127. The summed E-state index contributed by atoms with van der Waals surface area (Å²) in [7, 11) is 0. The van der Waals surface area contributed by atoms with E-state index in [1.54, 1.807) is 0 Å². The highest BCUT2D eigenvalue weighted by Gasteiger charge is 2.18. The number of halogens is 2. The minimum absolute atomic E-state index is 0.180. The van der Waals surface area contributed by atoms with Crippen LogP contribution >= 0.6 is 34.2 Å². The van der Waals surface area contributed by atoms with Gasteiger partial charge in [-0.1, -0.05) is 12.1 Å². The zero-order valence-electron chi connectivity index (χ0n) is 11.1. The normalized spacial score (nSPS) is 12.8. The van der Waals surface area contributed by atoms with E-state index in [0.29, 0.717) is 0 Å². The molecular formula is C15H13ClIN3. The van der Waals surface area contributed by atoms with Crippen LogP contribution in [0.25, 0.3) is 16.9 Å². The van der Waals surface area contributed by atoms with Crippen molar-refractivity contribution in [2.75, 3.05) is 0 Å². The molecule has 0 amide bonds. The third-order valence-electron chi connectivity index (χ3n) is 3.11. The molecule has 1 atom stereocenters. The second kappa shape index (κ2) is 5.33. The summed E-state index contributed by atoms with van der Waals surface area (Å²) in [6.45, 7) is 3.95. The van der Waals surface area contributed by atoms with Crippen molar-refractivity contribution < 1.29 is 0 Å². The number of rotatable bonds is 2. The average Bonchev–Trinajstić information content (AvgIpc) is 2.78. The standard InChI is InChI=1S/C15H13ClIN3/c1-9-7-12-15(18-8-9)20(14(19-12)10(2)16)13-6-4-3-5-11(13)17/h3-8,10H,1-2H3. The second-order valence-corrected chi connectivity index (χ2v) is 6.55.